The van der Waals surface area contributed by atoms with E-state index in [4.69, 9.17) is 9.47 Å². The first-order valence-electron chi connectivity index (χ1n) is 10.0. The first-order chi connectivity index (χ1) is 14.3. The molecular weight excluding hydrogens is 366 g/mol. The minimum Gasteiger partial charge on any atom is -0.493 e. The van der Waals surface area contributed by atoms with Gasteiger partial charge in [0.1, 0.15) is 6.61 Å². The van der Waals surface area contributed by atoms with E-state index in [1.54, 1.807) is 11.9 Å². The maximum Gasteiger partial charge on any atom is 0.204 e. The fourth-order valence-electron chi connectivity index (χ4n) is 3.01. The Morgan fingerprint density at radius 2 is 1.66 bits per heavy atom. The largest absolute Gasteiger partial charge is 0.493 e. The zero-order valence-electron chi connectivity index (χ0n) is 17.2. The molecule has 3 rings (SSSR count). The number of tetrazole rings is 1. The first kappa shape index (κ1) is 20.8. The molecule has 0 unspecified atom stereocenters. The van der Waals surface area contributed by atoms with Crippen LogP contribution in [0.1, 0.15) is 19.3 Å². The number of likely N-dealkylation sites (N-methyl/N-ethyl adjacent to an activating group) is 1. The SMILES string of the molecule is COc1ccccc1OCCN(C)CCCCCn1nnc(-c2ccccc2)n1. The van der Waals surface area contributed by atoms with Gasteiger partial charge in [-0.3, -0.25) is 0 Å². The number of nitrogens with zero attached hydrogens (tertiary/aromatic N) is 5. The molecule has 0 N–H and O–H groups in total. The predicted octanol–water partition coefficient (Wildman–Crippen LogP) is 3.53. The standard InChI is InChI=1S/C22H29N5O2/c1-26(17-18-29-21-14-8-7-13-20(21)28-2)15-9-4-10-16-27-24-22(23-25-27)19-11-5-3-6-12-19/h3,5-8,11-14H,4,9-10,15-18H2,1-2H3. The Labute approximate surface area is 172 Å². The molecule has 0 spiro atoms. The average molecular weight is 396 g/mol. The van der Waals surface area contributed by atoms with E-state index >= 15 is 0 Å². The van der Waals surface area contributed by atoms with Gasteiger partial charge in [-0.05, 0) is 43.8 Å². The summed E-state index contributed by atoms with van der Waals surface area (Å²) in [5.41, 5.74) is 0.996. The Balaban J connectivity index is 1.28. The Morgan fingerprint density at radius 3 is 2.45 bits per heavy atom. The molecule has 3 aromatic rings. The quantitative estimate of drug-likeness (QED) is 0.437. The lowest BCUT2D eigenvalue weighted by atomic mass is 10.2. The highest BCUT2D eigenvalue weighted by molar-refractivity contribution is 5.52. The van der Waals surface area contributed by atoms with Gasteiger partial charge in [-0.15, -0.1) is 10.2 Å². The summed E-state index contributed by atoms with van der Waals surface area (Å²) < 4.78 is 11.1. The lowest BCUT2D eigenvalue weighted by molar-refractivity contribution is 0.227. The monoisotopic (exact) mass is 395 g/mol. The topological polar surface area (TPSA) is 65.3 Å². The molecule has 7 nitrogen and oxygen atoms in total. The molecule has 7 heteroatoms. The summed E-state index contributed by atoms with van der Waals surface area (Å²) >= 11 is 0. The fraction of sp³-hybridized carbons (Fsp3) is 0.409. The van der Waals surface area contributed by atoms with Crippen LogP contribution in [0.2, 0.25) is 0 Å². The van der Waals surface area contributed by atoms with Crippen molar-refractivity contribution >= 4 is 0 Å². The van der Waals surface area contributed by atoms with Gasteiger partial charge in [-0.2, -0.15) is 4.80 Å². The summed E-state index contributed by atoms with van der Waals surface area (Å²) in [6.45, 7) is 3.35. The summed E-state index contributed by atoms with van der Waals surface area (Å²) in [7, 11) is 3.78. The van der Waals surface area contributed by atoms with Gasteiger partial charge in [-0.25, -0.2) is 0 Å². The van der Waals surface area contributed by atoms with Crippen molar-refractivity contribution in [1.82, 2.24) is 25.1 Å². The third-order valence-electron chi connectivity index (χ3n) is 4.68. The number of para-hydroxylation sites is 2. The molecule has 0 aliphatic rings. The fourth-order valence-corrected chi connectivity index (χ4v) is 3.01. The molecule has 0 saturated heterocycles. The molecule has 0 radical (unpaired) electrons. The summed E-state index contributed by atoms with van der Waals surface area (Å²) in [4.78, 5) is 3.98. The van der Waals surface area contributed by atoms with E-state index in [9.17, 15) is 0 Å². The van der Waals surface area contributed by atoms with E-state index < -0.39 is 0 Å². The smallest absolute Gasteiger partial charge is 0.204 e. The molecule has 2 aromatic carbocycles. The number of rotatable bonds is 12. The summed E-state index contributed by atoms with van der Waals surface area (Å²) in [5, 5.41) is 12.7. The minimum atomic E-state index is 0.641. The molecule has 0 atom stereocenters. The van der Waals surface area contributed by atoms with Crippen molar-refractivity contribution in [1.29, 1.82) is 0 Å². The highest BCUT2D eigenvalue weighted by Crippen LogP contribution is 2.25. The van der Waals surface area contributed by atoms with Crippen LogP contribution >= 0.6 is 0 Å². The van der Waals surface area contributed by atoms with Crippen LogP contribution in [0.5, 0.6) is 11.5 Å². The Hall–Kier alpha value is -2.93. The van der Waals surface area contributed by atoms with Crippen LogP contribution < -0.4 is 9.47 Å². The molecule has 1 heterocycles. The van der Waals surface area contributed by atoms with E-state index in [2.05, 4.69) is 27.4 Å². The number of aryl methyl sites for hydroxylation is 1. The van der Waals surface area contributed by atoms with Crippen LogP contribution in [0.3, 0.4) is 0 Å². The molecule has 0 aliphatic carbocycles. The van der Waals surface area contributed by atoms with E-state index in [-0.39, 0.29) is 0 Å². The van der Waals surface area contributed by atoms with Crippen molar-refractivity contribution in [2.24, 2.45) is 0 Å². The van der Waals surface area contributed by atoms with E-state index in [1.807, 2.05) is 54.6 Å². The van der Waals surface area contributed by atoms with Crippen LogP contribution in [0.4, 0.5) is 0 Å². The lowest BCUT2D eigenvalue weighted by Crippen LogP contribution is -2.25. The highest BCUT2D eigenvalue weighted by atomic mass is 16.5. The van der Waals surface area contributed by atoms with Crippen LogP contribution in [0, 0.1) is 0 Å². The summed E-state index contributed by atoms with van der Waals surface area (Å²) in [6, 6.07) is 17.7. The molecule has 0 saturated carbocycles. The van der Waals surface area contributed by atoms with Crippen molar-refractivity contribution < 1.29 is 9.47 Å². The van der Waals surface area contributed by atoms with E-state index in [1.165, 1.54) is 0 Å². The molecule has 29 heavy (non-hydrogen) atoms. The maximum absolute atomic E-state index is 5.83. The number of benzene rings is 2. The van der Waals surface area contributed by atoms with Crippen LogP contribution in [0.15, 0.2) is 54.6 Å². The van der Waals surface area contributed by atoms with Gasteiger partial charge in [-0.1, -0.05) is 48.9 Å². The molecule has 0 bridgehead atoms. The molecule has 0 amide bonds. The second-order valence-corrected chi connectivity index (χ2v) is 6.94. The van der Waals surface area contributed by atoms with Gasteiger partial charge in [0.05, 0.1) is 13.7 Å². The van der Waals surface area contributed by atoms with Gasteiger partial charge in [0.2, 0.25) is 5.82 Å². The van der Waals surface area contributed by atoms with E-state index in [0.29, 0.717) is 12.4 Å². The number of hydrogen-bond acceptors (Lipinski definition) is 6. The third-order valence-corrected chi connectivity index (χ3v) is 4.68. The molecule has 154 valence electrons. The second kappa shape index (κ2) is 11.2. The number of hydrogen-bond donors (Lipinski definition) is 0. The van der Waals surface area contributed by atoms with Crippen LogP contribution in [-0.4, -0.2) is 59.0 Å². The average Bonchev–Trinajstić information content (AvgIpc) is 3.23. The van der Waals surface area contributed by atoms with Crippen molar-refractivity contribution in [3.05, 3.63) is 54.6 Å². The molecule has 0 aliphatic heterocycles. The Kier molecular flexibility index (Phi) is 8.01. The number of aromatic nitrogens is 4. The Bertz CT molecular complexity index is 853. The Morgan fingerprint density at radius 1 is 0.897 bits per heavy atom. The highest BCUT2D eigenvalue weighted by Gasteiger charge is 2.06. The van der Waals surface area contributed by atoms with Crippen molar-refractivity contribution in [2.45, 2.75) is 25.8 Å². The van der Waals surface area contributed by atoms with E-state index in [0.717, 1.165) is 56.0 Å². The molecular formula is C22H29N5O2. The number of ether oxygens (including phenoxy) is 2. The van der Waals surface area contributed by atoms with Gasteiger partial charge >= 0.3 is 0 Å². The lowest BCUT2D eigenvalue weighted by Gasteiger charge is -2.17. The summed E-state index contributed by atoms with van der Waals surface area (Å²) in [5.74, 6) is 2.24. The molecule has 1 aromatic heterocycles. The van der Waals surface area contributed by atoms with Gasteiger partial charge < -0.3 is 14.4 Å². The second-order valence-electron chi connectivity index (χ2n) is 6.94. The zero-order valence-corrected chi connectivity index (χ0v) is 17.2. The third kappa shape index (κ3) is 6.57. The number of methoxy groups -OCH3 is 1. The normalized spacial score (nSPS) is 11.0. The van der Waals surface area contributed by atoms with Gasteiger partial charge in [0.25, 0.3) is 0 Å². The van der Waals surface area contributed by atoms with Gasteiger partial charge in [0, 0.05) is 12.1 Å². The van der Waals surface area contributed by atoms with Crippen LogP contribution in [-0.2, 0) is 6.54 Å². The molecule has 0 fully saturated rings. The van der Waals surface area contributed by atoms with Crippen molar-refractivity contribution in [2.75, 3.05) is 33.9 Å². The summed E-state index contributed by atoms with van der Waals surface area (Å²) in [6.07, 6.45) is 3.29. The van der Waals surface area contributed by atoms with Crippen molar-refractivity contribution in [3.8, 4) is 22.9 Å². The predicted molar refractivity (Wildman–Crippen MR) is 113 cm³/mol. The van der Waals surface area contributed by atoms with Crippen molar-refractivity contribution in [3.63, 3.8) is 0 Å². The minimum absolute atomic E-state index is 0.641. The first-order valence-corrected chi connectivity index (χ1v) is 10.0. The van der Waals surface area contributed by atoms with Gasteiger partial charge in [0.15, 0.2) is 11.5 Å². The maximum atomic E-state index is 5.83. The van der Waals surface area contributed by atoms with Crippen LogP contribution in [0.25, 0.3) is 11.4 Å². The number of unbranched alkanes of at least 4 members (excludes halogenated alkanes) is 2. The zero-order chi connectivity index (χ0) is 20.3.